The molecule has 10 heteroatoms. The number of nitrogens with one attached hydrogen (secondary N) is 1. The molecule has 1 aliphatic carbocycles. The maximum absolute atomic E-state index is 13.3. The van der Waals surface area contributed by atoms with Gasteiger partial charge in [0, 0.05) is 45.1 Å². The van der Waals surface area contributed by atoms with Crippen LogP contribution in [0.2, 0.25) is 0 Å². The van der Waals surface area contributed by atoms with Crippen LogP contribution in [0.4, 0.5) is 0 Å². The fourth-order valence-electron chi connectivity index (χ4n) is 5.59. The predicted octanol–water partition coefficient (Wildman–Crippen LogP) is 1.55. The average molecular weight is 474 g/mol. The molecule has 5 rings (SSSR count). The first-order chi connectivity index (χ1) is 16.3. The maximum atomic E-state index is 13.3. The Morgan fingerprint density at radius 2 is 1.74 bits per heavy atom. The second-order valence-electron chi connectivity index (χ2n) is 10.3. The summed E-state index contributed by atoms with van der Waals surface area (Å²) in [5, 5.41) is 7.66. The quantitative estimate of drug-likeness (QED) is 0.668. The van der Waals surface area contributed by atoms with Crippen LogP contribution in [0.25, 0.3) is 0 Å². The molecule has 1 N–H and O–H groups in total. The number of aromatic nitrogens is 2. The number of carbonyl (C=O) groups excluding carboxylic acids is 3. The molecule has 0 bridgehead atoms. The van der Waals surface area contributed by atoms with E-state index < -0.39 is 11.3 Å². The second-order valence-corrected chi connectivity index (χ2v) is 10.3. The minimum Gasteiger partial charge on any atom is -0.351 e. The third kappa shape index (κ3) is 4.11. The molecule has 4 heterocycles. The number of fused-ring (bicyclic) bond motifs is 1. The van der Waals surface area contributed by atoms with Crippen LogP contribution in [0, 0.1) is 0 Å². The fraction of sp³-hybridized carbons (Fsp3) is 0.750. The number of ether oxygens (including phenoxy) is 2. The molecule has 1 spiro atoms. The zero-order valence-electron chi connectivity index (χ0n) is 20.2. The molecule has 186 valence electrons. The second kappa shape index (κ2) is 8.96. The number of nitrogens with zero attached hydrogens (tertiary/aromatic N) is 4. The molecule has 1 aromatic rings. The molecule has 0 aromatic carbocycles. The highest BCUT2D eigenvalue weighted by Gasteiger charge is 2.47. The van der Waals surface area contributed by atoms with Crippen LogP contribution in [-0.4, -0.2) is 88.0 Å². The summed E-state index contributed by atoms with van der Waals surface area (Å²) in [6.45, 7) is 4.18. The van der Waals surface area contributed by atoms with Gasteiger partial charge in [-0.3, -0.25) is 19.1 Å². The van der Waals surface area contributed by atoms with Crippen molar-refractivity contribution in [2.45, 2.75) is 82.2 Å². The smallest absolute Gasteiger partial charge is 0.274 e. The third-order valence-electron chi connectivity index (χ3n) is 8.03. The van der Waals surface area contributed by atoms with Gasteiger partial charge in [0.25, 0.3) is 11.8 Å². The lowest BCUT2D eigenvalue weighted by Gasteiger charge is -2.41. The monoisotopic (exact) mass is 473 g/mol. The van der Waals surface area contributed by atoms with Crippen LogP contribution in [-0.2, 0) is 20.8 Å². The van der Waals surface area contributed by atoms with Gasteiger partial charge in [-0.1, -0.05) is 25.7 Å². The van der Waals surface area contributed by atoms with Crippen molar-refractivity contribution in [3.05, 3.63) is 17.5 Å². The molecule has 10 nitrogen and oxygen atoms in total. The van der Waals surface area contributed by atoms with E-state index in [-0.39, 0.29) is 36.0 Å². The Morgan fingerprint density at radius 3 is 2.38 bits per heavy atom. The van der Waals surface area contributed by atoms with Crippen molar-refractivity contribution in [3.63, 3.8) is 0 Å². The van der Waals surface area contributed by atoms with Crippen molar-refractivity contribution in [2.75, 3.05) is 33.4 Å². The fourth-order valence-corrected chi connectivity index (χ4v) is 5.59. The van der Waals surface area contributed by atoms with Crippen molar-refractivity contribution in [2.24, 2.45) is 0 Å². The largest absolute Gasteiger partial charge is 0.351 e. The van der Waals surface area contributed by atoms with Crippen LogP contribution in [0.15, 0.2) is 6.07 Å². The van der Waals surface area contributed by atoms with E-state index in [0.29, 0.717) is 44.8 Å². The summed E-state index contributed by atoms with van der Waals surface area (Å²) in [6, 6.07) is 1.69. The Labute approximate surface area is 199 Å². The Kier molecular flexibility index (Phi) is 6.14. The lowest BCUT2D eigenvalue weighted by Crippen LogP contribution is -2.63. The molecule has 3 amide bonds. The molecule has 0 unspecified atom stereocenters. The Morgan fingerprint density at radius 1 is 1.09 bits per heavy atom. The zero-order valence-corrected chi connectivity index (χ0v) is 20.2. The Bertz CT molecular complexity index is 953. The molecule has 1 aromatic heterocycles. The van der Waals surface area contributed by atoms with Gasteiger partial charge in [-0.05, 0) is 19.8 Å². The van der Waals surface area contributed by atoms with Crippen molar-refractivity contribution in [3.8, 4) is 0 Å². The van der Waals surface area contributed by atoms with Crippen molar-refractivity contribution < 1.29 is 23.9 Å². The number of amides is 3. The SMILES string of the molecule is CN1C(=O)c2cc(C(=O)N3CCC4(CC3)OCCO4)nn2C[C@]1(C)C(=O)NC1CCCCCC1. The maximum Gasteiger partial charge on any atom is 0.274 e. The van der Waals surface area contributed by atoms with Crippen LogP contribution in [0.5, 0.6) is 0 Å². The molecule has 3 fully saturated rings. The molecule has 2 saturated heterocycles. The number of hydrogen-bond donors (Lipinski definition) is 1. The van der Waals surface area contributed by atoms with E-state index in [1.165, 1.54) is 22.4 Å². The molecule has 3 aliphatic heterocycles. The number of rotatable bonds is 3. The highest BCUT2D eigenvalue weighted by molar-refractivity contribution is 6.01. The average Bonchev–Trinajstić information content (AvgIpc) is 3.38. The van der Waals surface area contributed by atoms with Gasteiger partial charge in [-0.2, -0.15) is 5.10 Å². The van der Waals surface area contributed by atoms with Gasteiger partial charge in [-0.25, -0.2) is 0 Å². The van der Waals surface area contributed by atoms with E-state index in [2.05, 4.69) is 10.4 Å². The first-order valence-corrected chi connectivity index (χ1v) is 12.6. The normalized spacial score (nSPS) is 27.5. The summed E-state index contributed by atoms with van der Waals surface area (Å²) in [5.74, 6) is -1.24. The zero-order chi connectivity index (χ0) is 23.9. The number of likely N-dealkylation sites (N-methyl/N-ethyl adjacent to an activating group) is 1. The summed E-state index contributed by atoms with van der Waals surface area (Å²) in [5.41, 5.74) is -0.506. The van der Waals surface area contributed by atoms with Gasteiger partial charge in [0.1, 0.15) is 11.2 Å². The molecular formula is C24H35N5O5. The summed E-state index contributed by atoms with van der Waals surface area (Å²) in [4.78, 5) is 42.9. The van der Waals surface area contributed by atoms with Crippen molar-refractivity contribution in [1.82, 2.24) is 24.9 Å². The lowest BCUT2D eigenvalue weighted by molar-refractivity contribution is -0.181. The van der Waals surface area contributed by atoms with Gasteiger partial charge < -0.3 is 24.6 Å². The predicted molar refractivity (Wildman–Crippen MR) is 122 cm³/mol. The van der Waals surface area contributed by atoms with Crippen molar-refractivity contribution >= 4 is 17.7 Å². The molecule has 4 aliphatic rings. The van der Waals surface area contributed by atoms with Crippen LogP contribution >= 0.6 is 0 Å². The van der Waals surface area contributed by atoms with Gasteiger partial charge in [0.05, 0.1) is 19.8 Å². The Balaban J connectivity index is 1.29. The van der Waals surface area contributed by atoms with Crippen LogP contribution in [0.1, 0.15) is 79.3 Å². The molecule has 1 atom stereocenters. The minimum absolute atomic E-state index is 0.140. The molecular weight excluding hydrogens is 438 g/mol. The van der Waals surface area contributed by atoms with Gasteiger partial charge in [0.2, 0.25) is 5.91 Å². The van der Waals surface area contributed by atoms with E-state index >= 15 is 0 Å². The summed E-state index contributed by atoms with van der Waals surface area (Å²) >= 11 is 0. The van der Waals surface area contributed by atoms with Gasteiger partial charge in [0.15, 0.2) is 11.5 Å². The van der Waals surface area contributed by atoms with E-state index in [1.54, 1.807) is 24.9 Å². The van der Waals surface area contributed by atoms with E-state index in [9.17, 15) is 14.4 Å². The Hall–Kier alpha value is -2.46. The van der Waals surface area contributed by atoms with Crippen molar-refractivity contribution in [1.29, 1.82) is 0 Å². The highest BCUT2D eigenvalue weighted by atomic mass is 16.7. The lowest BCUT2D eigenvalue weighted by atomic mass is 9.95. The van der Waals surface area contributed by atoms with Gasteiger partial charge in [-0.15, -0.1) is 0 Å². The molecule has 34 heavy (non-hydrogen) atoms. The molecule has 1 saturated carbocycles. The first-order valence-electron chi connectivity index (χ1n) is 12.6. The van der Waals surface area contributed by atoms with Gasteiger partial charge >= 0.3 is 0 Å². The summed E-state index contributed by atoms with van der Waals surface area (Å²) < 4.78 is 13.0. The number of likely N-dealkylation sites (tertiary alicyclic amines) is 1. The van der Waals surface area contributed by atoms with Crippen LogP contribution < -0.4 is 5.32 Å². The third-order valence-corrected chi connectivity index (χ3v) is 8.03. The topological polar surface area (TPSA) is 106 Å². The summed E-state index contributed by atoms with van der Waals surface area (Å²) in [6.07, 6.45) is 7.81. The first kappa shape index (κ1) is 23.3. The van der Waals surface area contributed by atoms with Crippen LogP contribution in [0.3, 0.4) is 0 Å². The van der Waals surface area contributed by atoms with E-state index in [1.807, 2.05) is 0 Å². The number of hydrogen-bond acceptors (Lipinski definition) is 6. The standard InChI is InChI=1S/C24H35N5O5/c1-23(22(32)25-17-7-5-3-4-6-8-17)16-29-19(21(31)27(23)2)15-18(26-29)20(30)28-11-9-24(10-12-28)33-13-14-34-24/h15,17H,3-14,16H2,1-2H3,(H,25,32)/t23-/m1/s1. The number of piperidine rings is 1. The minimum atomic E-state index is -1.07. The summed E-state index contributed by atoms with van der Waals surface area (Å²) in [7, 11) is 1.65. The van der Waals surface area contributed by atoms with E-state index in [0.717, 1.165) is 25.7 Å². The molecule has 0 radical (unpaired) electrons. The highest BCUT2D eigenvalue weighted by Crippen LogP contribution is 2.32. The number of carbonyl (C=O) groups is 3. The van der Waals surface area contributed by atoms with E-state index in [4.69, 9.17) is 9.47 Å².